The van der Waals surface area contributed by atoms with Crippen LogP contribution < -0.4 is 10.2 Å². The minimum atomic E-state index is -0.182. The second kappa shape index (κ2) is 8.52. The van der Waals surface area contributed by atoms with E-state index in [1.54, 1.807) is 43.1 Å². The van der Waals surface area contributed by atoms with E-state index in [9.17, 15) is 9.59 Å². The van der Waals surface area contributed by atoms with Crippen LogP contribution in [-0.4, -0.2) is 36.9 Å². The molecule has 0 bridgehead atoms. The summed E-state index contributed by atoms with van der Waals surface area (Å²) in [7, 11) is 1.67. The van der Waals surface area contributed by atoms with E-state index in [1.165, 1.54) is 11.0 Å². The summed E-state index contributed by atoms with van der Waals surface area (Å²) in [5.41, 5.74) is 1.32. The molecule has 0 aromatic heterocycles. The fraction of sp³-hybridized carbons (Fsp3) is 0.375. The van der Waals surface area contributed by atoms with Gasteiger partial charge in [0.25, 0.3) is 5.91 Å². The van der Waals surface area contributed by atoms with Gasteiger partial charge in [0.1, 0.15) is 0 Å². The molecule has 5 heteroatoms. The third-order valence-electron chi connectivity index (χ3n) is 3.26. The van der Waals surface area contributed by atoms with Crippen molar-refractivity contribution in [2.24, 2.45) is 0 Å². The lowest BCUT2D eigenvalue weighted by Gasteiger charge is -2.15. The molecule has 114 valence electrons. The van der Waals surface area contributed by atoms with Gasteiger partial charge < -0.3 is 10.2 Å². The first-order valence-electron chi connectivity index (χ1n) is 6.80. The zero-order valence-corrected chi connectivity index (χ0v) is 13.6. The largest absolute Gasteiger partial charge is 0.352 e. The summed E-state index contributed by atoms with van der Waals surface area (Å²) >= 11 is 1.79. The number of hydrogen-bond donors (Lipinski definition) is 1. The molecular formula is C16H22N2O2S. The maximum absolute atomic E-state index is 12.0. The highest BCUT2D eigenvalue weighted by molar-refractivity contribution is 7.99. The maximum Gasteiger partial charge on any atom is 0.251 e. The van der Waals surface area contributed by atoms with Crippen molar-refractivity contribution in [1.82, 2.24) is 5.32 Å². The van der Waals surface area contributed by atoms with E-state index in [2.05, 4.69) is 25.1 Å². The van der Waals surface area contributed by atoms with Crippen LogP contribution in [0.25, 0.3) is 0 Å². The highest BCUT2D eigenvalue weighted by Gasteiger charge is 2.09. The summed E-state index contributed by atoms with van der Waals surface area (Å²) < 4.78 is 0. The molecule has 0 saturated carbocycles. The van der Waals surface area contributed by atoms with Crippen molar-refractivity contribution in [3.05, 3.63) is 42.5 Å². The Morgan fingerprint density at radius 1 is 1.38 bits per heavy atom. The molecule has 1 rings (SSSR count). The zero-order chi connectivity index (χ0) is 15.8. The molecule has 1 unspecified atom stereocenters. The van der Waals surface area contributed by atoms with Crippen molar-refractivity contribution < 1.29 is 9.59 Å². The predicted octanol–water partition coefficient (Wildman–Crippen LogP) is 2.71. The van der Waals surface area contributed by atoms with E-state index >= 15 is 0 Å². The zero-order valence-electron chi connectivity index (χ0n) is 12.8. The van der Waals surface area contributed by atoms with Crippen molar-refractivity contribution in [3.8, 4) is 0 Å². The molecule has 2 amide bonds. The molecule has 1 aromatic carbocycles. The summed E-state index contributed by atoms with van der Waals surface area (Å²) in [6, 6.07) is 6.94. The van der Waals surface area contributed by atoms with E-state index in [-0.39, 0.29) is 11.8 Å². The topological polar surface area (TPSA) is 49.4 Å². The average molecular weight is 306 g/mol. The molecule has 0 aliphatic heterocycles. The average Bonchev–Trinajstić information content (AvgIpc) is 2.53. The lowest BCUT2D eigenvalue weighted by molar-refractivity contribution is -0.113. The van der Waals surface area contributed by atoms with E-state index < -0.39 is 0 Å². The molecule has 0 aliphatic carbocycles. The van der Waals surface area contributed by atoms with Gasteiger partial charge >= 0.3 is 0 Å². The van der Waals surface area contributed by atoms with Gasteiger partial charge in [-0.15, -0.1) is 0 Å². The second-order valence-electron chi connectivity index (χ2n) is 4.74. The van der Waals surface area contributed by atoms with Crippen LogP contribution in [0, 0.1) is 0 Å². The quantitative estimate of drug-likeness (QED) is 0.788. The molecule has 1 aromatic rings. The number of carbonyl (C=O) groups is 2. The first-order valence-corrected chi connectivity index (χ1v) is 8.09. The first-order chi connectivity index (χ1) is 9.99. The molecule has 0 spiro atoms. The van der Waals surface area contributed by atoms with Crippen molar-refractivity contribution in [2.75, 3.05) is 24.7 Å². The number of thioether (sulfide) groups is 1. The van der Waals surface area contributed by atoms with Crippen LogP contribution in [0.1, 0.15) is 23.7 Å². The summed E-state index contributed by atoms with van der Waals surface area (Å²) in [4.78, 5) is 24.9. The molecule has 4 nitrogen and oxygen atoms in total. The summed E-state index contributed by atoms with van der Waals surface area (Å²) in [5, 5.41) is 3.43. The highest BCUT2D eigenvalue weighted by Crippen LogP contribution is 2.14. The summed E-state index contributed by atoms with van der Waals surface area (Å²) in [5.74, 6) is -0.272. The molecule has 21 heavy (non-hydrogen) atoms. The number of carbonyl (C=O) groups excluding carboxylic acids is 2. The van der Waals surface area contributed by atoms with Gasteiger partial charge in [-0.25, -0.2) is 0 Å². The van der Waals surface area contributed by atoms with Crippen LogP contribution >= 0.6 is 11.8 Å². The highest BCUT2D eigenvalue weighted by atomic mass is 32.2. The number of nitrogens with one attached hydrogen (secondary N) is 1. The van der Waals surface area contributed by atoms with E-state index in [1.807, 2.05) is 0 Å². The molecule has 0 aliphatic rings. The summed E-state index contributed by atoms with van der Waals surface area (Å²) in [6.45, 7) is 6.25. The Bertz CT molecular complexity index is 500. The predicted molar refractivity (Wildman–Crippen MR) is 90.0 cm³/mol. The van der Waals surface area contributed by atoms with Crippen molar-refractivity contribution in [1.29, 1.82) is 0 Å². The Balaban J connectivity index is 2.59. The van der Waals surface area contributed by atoms with Crippen LogP contribution in [0.3, 0.4) is 0 Å². The van der Waals surface area contributed by atoms with Gasteiger partial charge in [-0.05, 0) is 43.0 Å². The van der Waals surface area contributed by atoms with Gasteiger partial charge in [0.05, 0.1) is 0 Å². The number of rotatable bonds is 7. The smallest absolute Gasteiger partial charge is 0.251 e. The standard InChI is InChI=1S/C16H22N2O2S/c1-5-15(19)18(3)14-8-6-13(7-9-14)16(20)17-11-10-12(2)21-4/h5-9,12H,1,10-11H2,2-4H3,(H,17,20). The third kappa shape index (κ3) is 5.27. The molecule has 0 heterocycles. The molecule has 0 radical (unpaired) electrons. The van der Waals surface area contributed by atoms with Gasteiger partial charge in [0, 0.05) is 30.1 Å². The van der Waals surface area contributed by atoms with Crippen LogP contribution in [0.15, 0.2) is 36.9 Å². The van der Waals surface area contributed by atoms with Crippen LogP contribution in [0.2, 0.25) is 0 Å². The SMILES string of the molecule is C=CC(=O)N(C)c1ccc(C(=O)NCCC(C)SC)cc1. The Morgan fingerprint density at radius 3 is 2.52 bits per heavy atom. The van der Waals surface area contributed by atoms with E-state index in [4.69, 9.17) is 0 Å². The minimum Gasteiger partial charge on any atom is -0.352 e. The van der Waals surface area contributed by atoms with Crippen LogP contribution in [-0.2, 0) is 4.79 Å². The van der Waals surface area contributed by atoms with Gasteiger partial charge in [-0.2, -0.15) is 11.8 Å². The van der Waals surface area contributed by atoms with Gasteiger partial charge in [0.15, 0.2) is 0 Å². The normalized spacial score (nSPS) is 11.6. The second-order valence-corrected chi connectivity index (χ2v) is 6.02. The van der Waals surface area contributed by atoms with Crippen molar-refractivity contribution in [3.63, 3.8) is 0 Å². The Hall–Kier alpha value is -1.75. The third-order valence-corrected chi connectivity index (χ3v) is 4.30. The fourth-order valence-corrected chi connectivity index (χ4v) is 2.06. The number of amides is 2. The van der Waals surface area contributed by atoms with Crippen LogP contribution in [0.4, 0.5) is 5.69 Å². The van der Waals surface area contributed by atoms with Crippen LogP contribution in [0.5, 0.6) is 0 Å². The van der Waals surface area contributed by atoms with E-state index in [0.717, 1.165) is 12.1 Å². The molecule has 1 atom stereocenters. The Kier molecular flexibility index (Phi) is 7.02. The number of benzene rings is 1. The summed E-state index contributed by atoms with van der Waals surface area (Å²) in [6.07, 6.45) is 4.27. The van der Waals surface area contributed by atoms with Gasteiger partial charge in [-0.3, -0.25) is 9.59 Å². The number of nitrogens with zero attached hydrogens (tertiary/aromatic N) is 1. The molecular weight excluding hydrogens is 284 g/mol. The minimum absolute atomic E-state index is 0.0902. The lowest BCUT2D eigenvalue weighted by Crippen LogP contribution is -2.26. The molecule has 1 N–H and O–H groups in total. The van der Waals surface area contributed by atoms with E-state index in [0.29, 0.717) is 17.4 Å². The number of hydrogen-bond acceptors (Lipinski definition) is 3. The molecule has 0 fully saturated rings. The number of anilines is 1. The fourth-order valence-electron chi connectivity index (χ4n) is 1.71. The Morgan fingerprint density at radius 2 is 2.00 bits per heavy atom. The number of likely N-dealkylation sites (N-methyl/N-ethyl adjacent to an activating group) is 1. The first kappa shape index (κ1) is 17.3. The lowest BCUT2D eigenvalue weighted by atomic mass is 10.2. The van der Waals surface area contributed by atoms with Crippen molar-refractivity contribution >= 4 is 29.3 Å². The maximum atomic E-state index is 12.0. The molecule has 0 saturated heterocycles. The Labute approximate surface area is 130 Å². The van der Waals surface area contributed by atoms with Crippen molar-refractivity contribution in [2.45, 2.75) is 18.6 Å². The van der Waals surface area contributed by atoms with Gasteiger partial charge in [0.2, 0.25) is 5.91 Å². The van der Waals surface area contributed by atoms with Gasteiger partial charge in [-0.1, -0.05) is 13.5 Å². The monoisotopic (exact) mass is 306 g/mol.